The maximum absolute atomic E-state index is 12.0. The molecule has 0 bridgehead atoms. The molecule has 2 aromatic rings. The van der Waals surface area contributed by atoms with Crippen molar-refractivity contribution in [1.29, 1.82) is 0 Å². The monoisotopic (exact) mass is 326 g/mol. The van der Waals surface area contributed by atoms with Gasteiger partial charge in [-0.15, -0.1) is 0 Å². The highest BCUT2D eigenvalue weighted by atomic mass is 16.5. The Hall–Kier alpha value is -2.56. The van der Waals surface area contributed by atoms with Crippen molar-refractivity contribution in [1.82, 2.24) is 10.3 Å². The minimum Gasteiger partial charge on any atom is -0.497 e. The molecule has 1 amide bonds. The molecule has 1 N–H and O–H groups in total. The molecule has 5 nitrogen and oxygen atoms in total. The van der Waals surface area contributed by atoms with Crippen LogP contribution in [0, 0.1) is 5.92 Å². The lowest BCUT2D eigenvalue weighted by Gasteiger charge is -2.25. The van der Waals surface area contributed by atoms with Crippen molar-refractivity contribution >= 4 is 5.91 Å². The highest BCUT2D eigenvalue weighted by Gasteiger charge is 2.20. The van der Waals surface area contributed by atoms with E-state index in [-0.39, 0.29) is 5.91 Å². The summed E-state index contributed by atoms with van der Waals surface area (Å²) in [5.41, 5.74) is 2.29. The summed E-state index contributed by atoms with van der Waals surface area (Å²) in [4.78, 5) is 16.0. The fourth-order valence-electron chi connectivity index (χ4n) is 2.83. The molecule has 0 saturated carbocycles. The highest BCUT2D eigenvalue weighted by molar-refractivity contribution is 5.76. The Morgan fingerprint density at radius 2 is 2.17 bits per heavy atom. The molecular weight excluding hydrogens is 304 g/mol. The van der Waals surface area contributed by atoms with E-state index in [2.05, 4.69) is 10.3 Å². The molecule has 0 aliphatic carbocycles. The Morgan fingerprint density at radius 1 is 1.33 bits per heavy atom. The first-order chi connectivity index (χ1) is 11.7. The van der Waals surface area contributed by atoms with Crippen molar-refractivity contribution in [3.63, 3.8) is 0 Å². The predicted octanol–water partition coefficient (Wildman–Crippen LogP) is 2.39. The molecule has 0 fully saturated rings. The second-order valence-corrected chi connectivity index (χ2v) is 6.01. The van der Waals surface area contributed by atoms with E-state index >= 15 is 0 Å². The van der Waals surface area contributed by atoms with Crippen LogP contribution in [0.5, 0.6) is 11.5 Å². The van der Waals surface area contributed by atoms with Crippen LogP contribution in [0.1, 0.15) is 17.5 Å². The number of nitrogens with zero attached hydrogens (tertiary/aromatic N) is 1. The minimum absolute atomic E-state index is 0.0762. The largest absolute Gasteiger partial charge is 0.497 e. The lowest BCUT2D eigenvalue weighted by Crippen LogP contribution is -2.34. The zero-order chi connectivity index (χ0) is 16.8. The molecular formula is C19H22N2O3. The molecule has 0 spiro atoms. The fraction of sp³-hybridized carbons (Fsp3) is 0.368. The van der Waals surface area contributed by atoms with Crippen LogP contribution < -0.4 is 14.8 Å². The van der Waals surface area contributed by atoms with Crippen LogP contribution in [0.4, 0.5) is 0 Å². The van der Waals surface area contributed by atoms with E-state index in [1.54, 1.807) is 19.5 Å². The topological polar surface area (TPSA) is 60.5 Å². The Morgan fingerprint density at radius 3 is 2.96 bits per heavy atom. The number of aromatic nitrogens is 1. The molecule has 3 rings (SSSR count). The third-order valence-electron chi connectivity index (χ3n) is 4.24. The number of hydrogen-bond donors (Lipinski definition) is 1. The fourth-order valence-corrected chi connectivity index (χ4v) is 2.83. The maximum atomic E-state index is 12.0. The molecule has 126 valence electrons. The van der Waals surface area contributed by atoms with Gasteiger partial charge in [-0.3, -0.25) is 9.78 Å². The van der Waals surface area contributed by atoms with Crippen molar-refractivity contribution in [3.05, 3.63) is 53.9 Å². The van der Waals surface area contributed by atoms with E-state index in [0.29, 0.717) is 25.5 Å². The summed E-state index contributed by atoms with van der Waals surface area (Å²) in [5.74, 6) is 2.06. The van der Waals surface area contributed by atoms with E-state index < -0.39 is 0 Å². The van der Waals surface area contributed by atoms with Crippen LogP contribution >= 0.6 is 0 Å². The lowest BCUT2D eigenvalue weighted by atomic mass is 9.96. The third kappa shape index (κ3) is 4.25. The molecule has 0 saturated heterocycles. The number of carbonyl (C=O) groups excluding carboxylic acids is 1. The van der Waals surface area contributed by atoms with Crippen molar-refractivity contribution in [2.75, 3.05) is 20.3 Å². The average molecular weight is 326 g/mol. The number of methoxy groups -OCH3 is 1. The molecule has 1 atom stereocenters. The van der Waals surface area contributed by atoms with Crippen molar-refractivity contribution in [2.45, 2.75) is 19.3 Å². The summed E-state index contributed by atoms with van der Waals surface area (Å²) in [5, 5.41) is 3.02. The molecule has 1 aromatic carbocycles. The maximum Gasteiger partial charge on any atom is 0.220 e. The number of carbonyl (C=O) groups is 1. The quantitative estimate of drug-likeness (QED) is 0.885. The van der Waals surface area contributed by atoms with Crippen molar-refractivity contribution < 1.29 is 14.3 Å². The van der Waals surface area contributed by atoms with Crippen LogP contribution in [0.25, 0.3) is 0 Å². The van der Waals surface area contributed by atoms with Gasteiger partial charge in [0.05, 0.1) is 13.7 Å². The normalized spacial score (nSPS) is 16.0. The first-order valence-corrected chi connectivity index (χ1v) is 8.20. The zero-order valence-electron chi connectivity index (χ0n) is 13.8. The lowest BCUT2D eigenvalue weighted by molar-refractivity contribution is -0.121. The molecule has 0 unspecified atom stereocenters. The van der Waals surface area contributed by atoms with Gasteiger partial charge in [-0.2, -0.15) is 0 Å². The summed E-state index contributed by atoms with van der Waals surface area (Å²) >= 11 is 0. The molecule has 5 heteroatoms. The molecule has 24 heavy (non-hydrogen) atoms. The third-order valence-corrected chi connectivity index (χ3v) is 4.24. The highest BCUT2D eigenvalue weighted by Crippen LogP contribution is 2.30. The van der Waals surface area contributed by atoms with Gasteiger partial charge in [-0.25, -0.2) is 0 Å². The van der Waals surface area contributed by atoms with E-state index in [4.69, 9.17) is 9.47 Å². The van der Waals surface area contributed by atoms with Gasteiger partial charge in [-0.05, 0) is 42.2 Å². The van der Waals surface area contributed by atoms with Gasteiger partial charge >= 0.3 is 0 Å². The summed E-state index contributed by atoms with van der Waals surface area (Å²) in [6.45, 7) is 1.26. The number of fused-ring (bicyclic) bond motifs is 1. The van der Waals surface area contributed by atoms with E-state index in [0.717, 1.165) is 35.5 Å². The van der Waals surface area contributed by atoms with Gasteiger partial charge in [0.15, 0.2) is 0 Å². The molecule has 0 radical (unpaired) electrons. The Balaban J connectivity index is 1.44. The van der Waals surface area contributed by atoms with Crippen molar-refractivity contribution in [2.24, 2.45) is 5.92 Å². The number of ether oxygens (including phenoxy) is 2. The van der Waals surface area contributed by atoms with Crippen LogP contribution in [0.15, 0.2) is 42.7 Å². The van der Waals surface area contributed by atoms with Gasteiger partial charge in [0.25, 0.3) is 0 Å². The second-order valence-electron chi connectivity index (χ2n) is 6.01. The number of pyridine rings is 1. The van der Waals surface area contributed by atoms with E-state index in [9.17, 15) is 4.79 Å². The smallest absolute Gasteiger partial charge is 0.220 e. The summed E-state index contributed by atoms with van der Waals surface area (Å²) in [6, 6.07) is 9.77. The number of nitrogens with one attached hydrogen (secondary N) is 1. The summed E-state index contributed by atoms with van der Waals surface area (Å²) in [6.07, 6.45) is 5.63. The number of benzene rings is 1. The molecule has 1 aromatic heterocycles. The Kier molecular flexibility index (Phi) is 5.31. The summed E-state index contributed by atoms with van der Waals surface area (Å²) in [7, 11) is 1.65. The van der Waals surface area contributed by atoms with Crippen LogP contribution in [-0.4, -0.2) is 31.2 Å². The minimum atomic E-state index is 0.0762. The zero-order valence-corrected chi connectivity index (χ0v) is 13.8. The van der Waals surface area contributed by atoms with Crippen LogP contribution in [0.3, 0.4) is 0 Å². The van der Waals surface area contributed by atoms with E-state index in [1.807, 2.05) is 30.3 Å². The van der Waals surface area contributed by atoms with Crippen molar-refractivity contribution in [3.8, 4) is 11.5 Å². The number of hydrogen-bond acceptors (Lipinski definition) is 4. The second kappa shape index (κ2) is 7.81. The van der Waals surface area contributed by atoms with Gasteiger partial charge in [-0.1, -0.05) is 6.07 Å². The number of amides is 1. The van der Waals surface area contributed by atoms with Gasteiger partial charge in [0, 0.05) is 37.3 Å². The standard InChI is InChI=1S/C19H22N2O3/c1-23-17-4-3-16-10-15(13-24-18(16)11-17)12-21-19(22)5-2-14-6-8-20-9-7-14/h3-4,6-9,11,15H,2,5,10,12-13H2,1H3,(H,21,22)/t15-/m0/s1. The number of aryl methyl sites for hydroxylation is 1. The van der Waals surface area contributed by atoms with Gasteiger partial charge in [0.2, 0.25) is 5.91 Å². The van der Waals surface area contributed by atoms with Crippen LogP contribution in [-0.2, 0) is 17.6 Å². The van der Waals surface area contributed by atoms with Crippen LogP contribution in [0.2, 0.25) is 0 Å². The predicted molar refractivity (Wildman–Crippen MR) is 91.3 cm³/mol. The Labute approximate surface area is 142 Å². The molecule has 2 heterocycles. The Bertz CT molecular complexity index is 688. The number of rotatable bonds is 6. The SMILES string of the molecule is COc1ccc2c(c1)OC[C@H](CNC(=O)CCc1ccncc1)C2. The van der Waals surface area contributed by atoms with Gasteiger partial charge in [0.1, 0.15) is 11.5 Å². The average Bonchev–Trinajstić information content (AvgIpc) is 2.65. The van der Waals surface area contributed by atoms with Gasteiger partial charge < -0.3 is 14.8 Å². The molecule has 1 aliphatic heterocycles. The first-order valence-electron chi connectivity index (χ1n) is 8.20. The summed E-state index contributed by atoms with van der Waals surface area (Å²) < 4.78 is 11.0. The molecule has 1 aliphatic rings. The van der Waals surface area contributed by atoms with E-state index in [1.165, 1.54) is 0 Å². The first kappa shape index (κ1) is 16.3.